The molecule has 21 heavy (non-hydrogen) atoms. The minimum Gasteiger partial charge on any atom is -0.467 e. The van der Waals surface area contributed by atoms with E-state index in [1.54, 1.807) is 12.5 Å². The topological polar surface area (TPSA) is 68.4 Å². The maximum Gasteiger partial charge on any atom is 0.324 e. The minimum atomic E-state index is 0.219. The van der Waals surface area contributed by atoms with Crippen LogP contribution in [0.1, 0.15) is 37.1 Å². The lowest BCUT2D eigenvalue weighted by molar-refractivity contribution is 0.389. The Kier molecular flexibility index (Phi) is 3.77. The number of rotatable bonds is 6. The highest BCUT2D eigenvalue weighted by Gasteiger charge is 2.19. The summed E-state index contributed by atoms with van der Waals surface area (Å²) in [6.45, 7) is 5.12. The summed E-state index contributed by atoms with van der Waals surface area (Å²) in [5.74, 6) is 2.56. The van der Waals surface area contributed by atoms with Gasteiger partial charge in [0.1, 0.15) is 11.5 Å². The van der Waals surface area contributed by atoms with Crippen LogP contribution in [0.4, 0.5) is 6.01 Å². The highest BCUT2D eigenvalue weighted by atomic mass is 16.5. The van der Waals surface area contributed by atoms with Crippen molar-refractivity contribution in [2.75, 3.05) is 4.90 Å². The summed E-state index contributed by atoms with van der Waals surface area (Å²) in [6.07, 6.45) is 3.29. The summed E-state index contributed by atoms with van der Waals surface area (Å²) in [6, 6.07) is 8.00. The Hall–Kier alpha value is -2.50. The first-order chi connectivity index (χ1) is 10.2. The first-order valence-electron chi connectivity index (χ1n) is 6.85. The van der Waals surface area contributed by atoms with Crippen LogP contribution < -0.4 is 4.90 Å². The van der Waals surface area contributed by atoms with Crippen molar-refractivity contribution in [1.82, 2.24) is 10.1 Å². The molecule has 0 aliphatic carbocycles. The summed E-state index contributed by atoms with van der Waals surface area (Å²) >= 11 is 0. The van der Waals surface area contributed by atoms with E-state index in [0.29, 0.717) is 24.9 Å². The van der Waals surface area contributed by atoms with Crippen LogP contribution in [0.2, 0.25) is 0 Å². The van der Waals surface area contributed by atoms with Crippen molar-refractivity contribution >= 4 is 6.01 Å². The van der Waals surface area contributed by atoms with Gasteiger partial charge in [0.05, 0.1) is 25.6 Å². The van der Waals surface area contributed by atoms with E-state index in [2.05, 4.69) is 10.1 Å². The standard InChI is InChI=1S/C15H17N3O3/c1-11(2)14-16-15(21-17-14)18(9-12-5-3-7-19-12)10-13-6-4-8-20-13/h3-8,11H,9-10H2,1-2H3. The molecule has 0 N–H and O–H groups in total. The van der Waals surface area contributed by atoms with Gasteiger partial charge in [0.15, 0.2) is 5.82 Å². The van der Waals surface area contributed by atoms with E-state index in [4.69, 9.17) is 13.4 Å². The van der Waals surface area contributed by atoms with Crippen molar-refractivity contribution < 1.29 is 13.4 Å². The molecule has 0 atom stereocenters. The van der Waals surface area contributed by atoms with E-state index in [-0.39, 0.29) is 5.92 Å². The Morgan fingerprint density at radius 2 is 1.67 bits per heavy atom. The third-order valence-electron chi connectivity index (χ3n) is 3.07. The smallest absolute Gasteiger partial charge is 0.324 e. The van der Waals surface area contributed by atoms with Crippen LogP contribution in [0.3, 0.4) is 0 Å². The van der Waals surface area contributed by atoms with Gasteiger partial charge in [-0.3, -0.25) is 0 Å². The lowest BCUT2D eigenvalue weighted by Crippen LogP contribution is -2.22. The number of hydrogen-bond donors (Lipinski definition) is 0. The number of furan rings is 2. The second-order valence-electron chi connectivity index (χ2n) is 5.10. The van der Waals surface area contributed by atoms with Gasteiger partial charge in [0.2, 0.25) is 0 Å². The van der Waals surface area contributed by atoms with Gasteiger partial charge in [-0.25, -0.2) is 0 Å². The molecule has 0 radical (unpaired) electrons. The fourth-order valence-electron chi connectivity index (χ4n) is 1.96. The highest BCUT2D eigenvalue weighted by Crippen LogP contribution is 2.21. The lowest BCUT2D eigenvalue weighted by Gasteiger charge is -2.17. The summed E-state index contributed by atoms with van der Waals surface area (Å²) in [5, 5.41) is 4.01. The van der Waals surface area contributed by atoms with Crippen LogP contribution in [0.25, 0.3) is 0 Å². The van der Waals surface area contributed by atoms with Gasteiger partial charge in [0.25, 0.3) is 0 Å². The van der Waals surface area contributed by atoms with Crippen molar-refractivity contribution in [2.45, 2.75) is 32.9 Å². The maximum atomic E-state index is 5.40. The highest BCUT2D eigenvalue weighted by molar-refractivity contribution is 5.28. The third-order valence-corrected chi connectivity index (χ3v) is 3.07. The van der Waals surface area contributed by atoms with Gasteiger partial charge in [-0.05, 0) is 24.3 Å². The fraction of sp³-hybridized carbons (Fsp3) is 0.333. The average molecular weight is 287 g/mol. The first kappa shape index (κ1) is 13.5. The molecule has 3 aromatic rings. The van der Waals surface area contributed by atoms with Crippen LogP contribution in [0.15, 0.2) is 50.1 Å². The van der Waals surface area contributed by atoms with Gasteiger partial charge >= 0.3 is 6.01 Å². The van der Waals surface area contributed by atoms with Crippen LogP contribution in [-0.4, -0.2) is 10.1 Å². The molecule has 3 heterocycles. The summed E-state index contributed by atoms with van der Waals surface area (Å²) in [5.41, 5.74) is 0. The van der Waals surface area contributed by atoms with E-state index in [9.17, 15) is 0 Å². The summed E-state index contributed by atoms with van der Waals surface area (Å²) in [7, 11) is 0. The zero-order chi connectivity index (χ0) is 14.7. The van der Waals surface area contributed by atoms with E-state index in [1.165, 1.54) is 0 Å². The fourth-order valence-corrected chi connectivity index (χ4v) is 1.96. The normalized spacial score (nSPS) is 11.2. The molecule has 0 aliphatic rings. The molecule has 0 unspecified atom stereocenters. The van der Waals surface area contributed by atoms with E-state index in [0.717, 1.165) is 11.5 Å². The van der Waals surface area contributed by atoms with Crippen molar-refractivity contribution in [1.29, 1.82) is 0 Å². The van der Waals surface area contributed by atoms with Crippen molar-refractivity contribution in [3.05, 3.63) is 54.1 Å². The predicted molar refractivity (Wildman–Crippen MR) is 75.7 cm³/mol. The zero-order valence-corrected chi connectivity index (χ0v) is 12.0. The molecular weight excluding hydrogens is 270 g/mol. The summed E-state index contributed by atoms with van der Waals surface area (Å²) in [4.78, 5) is 6.36. The number of anilines is 1. The Bertz CT molecular complexity index is 620. The molecule has 0 fully saturated rings. The molecule has 0 amide bonds. The van der Waals surface area contributed by atoms with Gasteiger partial charge in [0, 0.05) is 5.92 Å². The average Bonchev–Trinajstić information content (AvgIpc) is 3.21. The SMILES string of the molecule is CC(C)c1noc(N(Cc2ccco2)Cc2ccco2)n1. The Morgan fingerprint density at radius 3 is 2.10 bits per heavy atom. The molecule has 0 saturated heterocycles. The maximum absolute atomic E-state index is 5.40. The lowest BCUT2D eigenvalue weighted by atomic mass is 10.2. The van der Waals surface area contributed by atoms with Crippen molar-refractivity contribution in [3.63, 3.8) is 0 Å². The zero-order valence-electron chi connectivity index (χ0n) is 12.0. The Morgan fingerprint density at radius 1 is 1.05 bits per heavy atom. The van der Waals surface area contributed by atoms with Gasteiger partial charge in [-0.2, -0.15) is 4.98 Å². The molecule has 3 aromatic heterocycles. The van der Waals surface area contributed by atoms with Crippen LogP contribution in [0.5, 0.6) is 0 Å². The van der Waals surface area contributed by atoms with Crippen LogP contribution >= 0.6 is 0 Å². The third kappa shape index (κ3) is 3.16. The second-order valence-corrected chi connectivity index (χ2v) is 5.10. The Balaban J connectivity index is 1.83. The molecule has 6 heteroatoms. The quantitative estimate of drug-likeness (QED) is 0.690. The molecule has 0 saturated carbocycles. The van der Waals surface area contributed by atoms with E-state index < -0.39 is 0 Å². The molecule has 3 rings (SSSR count). The van der Waals surface area contributed by atoms with E-state index in [1.807, 2.05) is 43.0 Å². The number of aromatic nitrogens is 2. The second kappa shape index (κ2) is 5.87. The molecule has 0 bridgehead atoms. The first-order valence-corrected chi connectivity index (χ1v) is 6.85. The Labute approximate surface area is 122 Å². The monoisotopic (exact) mass is 287 g/mol. The minimum absolute atomic E-state index is 0.219. The molecular formula is C15H17N3O3. The van der Waals surface area contributed by atoms with Gasteiger partial charge in [-0.15, -0.1) is 0 Å². The van der Waals surface area contributed by atoms with Crippen LogP contribution in [0, 0.1) is 0 Å². The summed E-state index contributed by atoms with van der Waals surface area (Å²) < 4.78 is 16.2. The van der Waals surface area contributed by atoms with Crippen LogP contribution in [-0.2, 0) is 13.1 Å². The molecule has 110 valence electrons. The van der Waals surface area contributed by atoms with Crippen molar-refractivity contribution in [3.8, 4) is 0 Å². The molecule has 0 spiro atoms. The van der Waals surface area contributed by atoms with Gasteiger partial charge in [-0.1, -0.05) is 19.0 Å². The van der Waals surface area contributed by atoms with Crippen molar-refractivity contribution in [2.24, 2.45) is 0 Å². The number of hydrogen-bond acceptors (Lipinski definition) is 6. The number of nitrogens with zero attached hydrogens (tertiary/aromatic N) is 3. The largest absolute Gasteiger partial charge is 0.467 e. The predicted octanol–water partition coefficient (Wildman–Crippen LogP) is 3.59. The van der Waals surface area contributed by atoms with Gasteiger partial charge < -0.3 is 18.3 Å². The molecule has 0 aromatic carbocycles. The van der Waals surface area contributed by atoms with E-state index >= 15 is 0 Å². The molecule has 6 nitrogen and oxygen atoms in total. The molecule has 0 aliphatic heterocycles.